The second-order valence-electron chi connectivity index (χ2n) is 4.78. The summed E-state index contributed by atoms with van der Waals surface area (Å²) >= 11 is 0. The summed E-state index contributed by atoms with van der Waals surface area (Å²) in [7, 11) is 0. The standard InChI is InChI=1S/C16H28/c1-6-9-16(10-7-2)13-15(5)12-11-14(4)8-3/h8,11-12,16H,3,6-7,9-10,13H2,1-2,4-5H3/b14-11-,15-12+. The van der Waals surface area contributed by atoms with Crippen LogP contribution in [0, 0.1) is 5.92 Å². The highest BCUT2D eigenvalue weighted by Crippen LogP contribution is 2.21. The second-order valence-corrected chi connectivity index (χ2v) is 4.78. The van der Waals surface area contributed by atoms with Gasteiger partial charge in [-0.3, -0.25) is 0 Å². The Bertz CT molecular complexity index is 237. The topological polar surface area (TPSA) is 0 Å². The van der Waals surface area contributed by atoms with Gasteiger partial charge in [-0.2, -0.15) is 0 Å². The minimum absolute atomic E-state index is 0.878. The molecule has 0 N–H and O–H groups in total. The van der Waals surface area contributed by atoms with Crippen LogP contribution in [0.5, 0.6) is 0 Å². The number of rotatable bonds is 8. The van der Waals surface area contributed by atoms with Crippen LogP contribution >= 0.6 is 0 Å². The number of allylic oxidation sites excluding steroid dienone is 5. The van der Waals surface area contributed by atoms with Crippen LogP contribution in [0.2, 0.25) is 0 Å². The van der Waals surface area contributed by atoms with Crippen molar-refractivity contribution in [2.75, 3.05) is 0 Å². The Morgan fingerprint density at radius 1 is 1.06 bits per heavy atom. The SMILES string of the molecule is C=C/C(C)=C\C=C(/C)CC(CCC)CCC. The fraction of sp³-hybridized carbons (Fsp3) is 0.625. The molecule has 0 aliphatic heterocycles. The van der Waals surface area contributed by atoms with Crippen LogP contribution < -0.4 is 0 Å². The molecule has 0 atom stereocenters. The molecule has 0 heteroatoms. The molecule has 0 nitrogen and oxygen atoms in total. The molecule has 0 aromatic heterocycles. The molecule has 0 fully saturated rings. The molecule has 0 bridgehead atoms. The average molecular weight is 220 g/mol. The Balaban J connectivity index is 4.26. The van der Waals surface area contributed by atoms with Crippen molar-refractivity contribution in [1.29, 1.82) is 0 Å². The first-order chi connectivity index (χ1) is 7.63. The minimum atomic E-state index is 0.878. The first-order valence-corrected chi connectivity index (χ1v) is 6.60. The summed E-state index contributed by atoms with van der Waals surface area (Å²) in [5.74, 6) is 0.878. The van der Waals surface area contributed by atoms with E-state index in [4.69, 9.17) is 0 Å². The van der Waals surface area contributed by atoms with E-state index in [1.807, 2.05) is 6.08 Å². The molecule has 0 heterocycles. The molecule has 0 saturated heterocycles. The summed E-state index contributed by atoms with van der Waals surface area (Å²) in [6, 6.07) is 0. The van der Waals surface area contributed by atoms with Crippen LogP contribution in [-0.2, 0) is 0 Å². The molecule has 0 aromatic carbocycles. The third-order valence-corrected chi connectivity index (χ3v) is 2.96. The van der Waals surface area contributed by atoms with Crippen LogP contribution in [0.25, 0.3) is 0 Å². The fourth-order valence-corrected chi connectivity index (χ4v) is 2.03. The smallest absolute Gasteiger partial charge is 0.0291 e. The Kier molecular flexibility index (Phi) is 8.99. The molecule has 0 aliphatic rings. The van der Waals surface area contributed by atoms with Gasteiger partial charge in [-0.15, -0.1) is 0 Å². The summed E-state index contributed by atoms with van der Waals surface area (Å²) in [6.45, 7) is 12.7. The largest absolute Gasteiger partial charge is 0.0988 e. The van der Waals surface area contributed by atoms with Gasteiger partial charge in [-0.25, -0.2) is 0 Å². The third kappa shape index (κ3) is 7.50. The van der Waals surface area contributed by atoms with Crippen molar-refractivity contribution in [3.63, 3.8) is 0 Å². The van der Waals surface area contributed by atoms with Gasteiger partial charge in [0.25, 0.3) is 0 Å². The molecule has 0 amide bonds. The fourth-order valence-electron chi connectivity index (χ4n) is 2.03. The first kappa shape index (κ1) is 15.2. The lowest BCUT2D eigenvalue weighted by molar-refractivity contribution is 0.437. The van der Waals surface area contributed by atoms with E-state index in [9.17, 15) is 0 Å². The van der Waals surface area contributed by atoms with E-state index in [1.165, 1.54) is 43.3 Å². The van der Waals surface area contributed by atoms with Crippen molar-refractivity contribution in [1.82, 2.24) is 0 Å². The van der Waals surface area contributed by atoms with Gasteiger partial charge in [0.15, 0.2) is 0 Å². The number of hydrogen-bond donors (Lipinski definition) is 0. The lowest BCUT2D eigenvalue weighted by Gasteiger charge is -2.15. The van der Waals surface area contributed by atoms with Crippen LogP contribution in [-0.4, -0.2) is 0 Å². The quantitative estimate of drug-likeness (QED) is 0.462. The van der Waals surface area contributed by atoms with Crippen LogP contribution in [0.1, 0.15) is 59.8 Å². The zero-order valence-electron chi connectivity index (χ0n) is 11.6. The molecule has 92 valence electrons. The predicted molar refractivity (Wildman–Crippen MR) is 75.6 cm³/mol. The molecule has 0 saturated carbocycles. The van der Waals surface area contributed by atoms with Crippen molar-refractivity contribution in [3.05, 3.63) is 36.0 Å². The molecular formula is C16H28. The van der Waals surface area contributed by atoms with E-state index in [0.29, 0.717) is 0 Å². The first-order valence-electron chi connectivity index (χ1n) is 6.60. The molecular weight excluding hydrogens is 192 g/mol. The summed E-state index contributed by atoms with van der Waals surface area (Å²) in [5.41, 5.74) is 2.73. The van der Waals surface area contributed by atoms with Crippen molar-refractivity contribution >= 4 is 0 Å². The Labute approximate surface area is 102 Å². The van der Waals surface area contributed by atoms with Gasteiger partial charge in [-0.05, 0) is 26.2 Å². The van der Waals surface area contributed by atoms with Crippen LogP contribution in [0.3, 0.4) is 0 Å². The summed E-state index contributed by atoms with van der Waals surface area (Å²) in [6.07, 6.45) is 12.9. The van der Waals surface area contributed by atoms with Gasteiger partial charge in [-0.1, -0.05) is 75.5 Å². The summed E-state index contributed by atoms with van der Waals surface area (Å²) in [5, 5.41) is 0. The Morgan fingerprint density at radius 2 is 1.62 bits per heavy atom. The molecule has 0 rings (SSSR count). The molecule has 0 unspecified atom stereocenters. The predicted octanol–water partition coefficient (Wildman–Crippen LogP) is 5.67. The van der Waals surface area contributed by atoms with Crippen LogP contribution in [0.15, 0.2) is 36.0 Å². The van der Waals surface area contributed by atoms with Gasteiger partial charge >= 0.3 is 0 Å². The van der Waals surface area contributed by atoms with Crippen molar-refractivity contribution in [3.8, 4) is 0 Å². The zero-order chi connectivity index (χ0) is 12.4. The van der Waals surface area contributed by atoms with E-state index in [1.54, 1.807) is 0 Å². The molecule has 0 radical (unpaired) electrons. The maximum atomic E-state index is 3.76. The second kappa shape index (κ2) is 9.45. The summed E-state index contributed by atoms with van der Waals surface area (Å²) < 4.78 is 0. The molecule has 16 heavy (non-hydrogen) atoms. The van der Waals surface area contributed by atoms with Gasteiger partial charge in [0.05, 0.1) is 0 Å². The van der Waals surface area contributed by atoms with Gasteiger partial charge < -0.3 is 0 Å². The highest BCUT2D eigenvalue weighted by atomic mass is 14.1. The third-order valence-electron chi connectivity index (χ3n) is 2.96. The van der Waals surface area contributed by atoms with E-state index in [0.717, 1.165) is 5.92 Å². The van der Waals surface area contributed by atoms with E-state index in [2.05, 4.69) is 46.4 Å². The normalized spacial score (nSPS) is 13.3. The Morgan fingerprint density at radius 3 is 2.06 bits per heavy atom. The Hall–Kier alpha value is -0.780. The zero-order valence-corrected chi connectivity index (χ0v) is 11.6. The lowest BCUT2D eigenvalue weighted by atomic mass is 9.91. The highest BCUT2D eigenvalue weighted by molar-refractivity contribution is 5.22. The van der Waals surface area contributed by atoms with Crippen molar-refractivity contribution in [2.24, 2.45) is 5.92 Å². The van der Waals surface area contributed by atoms with Gasteiger partial charge in [0, 0.05) is 0 Å². The summed E-state index contributed by atoms with van der Waals surface area (Å²) in [4.78, 5) is 0. The molecule has 0 aromatic rings. The van der Waals surface area contributed by atoms with E-state index < -0.39 is 0 Å². The van der Waals surface area contributed by atoms with Crippen molar-refractivity contribution in [2.45, 2.75) is 59.8 Å². The average Bonchev–Trinajstić information content (AvgIpc) is 2.26. The monoisotopic (exact) mass is 220 g/mol. The van der Waals surface area contributed by atoms with Gasteiger partial charge in [0.1, 0.15) is 0 Å². The van der Waals surface area contributed by atoms with Crippen LogP contribution in [0.4, 0.5) is 0 Å². The minimum Gasteiger partial charge on any atom is -0.0988 e. The highest BCUT2D eigenvalue weighted by Gasteiger charge is 2.06. The molecule has 0 aliphatic carbocycles. The lowest BCUT2D eigenvalue weighted by Crippen LogP contribution is -2.00. The molecule has 0 spiro atoms. The van der Waals surface area contributed by atoms with Gasteiger partial charge in [0.2, 0.25) is 0 Å². The number of hydrogen-bond acceptors (Lipinski definition) is 0. The van der Waals surface area contributed by atoms with Crippen molar-refractivity contribution < 1.29 is 0 Å². The van der Waals surface area contributed by atoms with E-state index in [-0.39, 0.29) is 0 Å². The van der Waals surface area contributed by atoms with E-state index >= 15 is 0 Å². The maximum absolute atomic E-state index is 3.76. The maximum Gasteiger partial charge on any atom is -0.0291 e.